The largest absolute Gasteiger partial charge is 0.396 e. The van der Waals surface area contributed by atoms with E-state index in [-0.39, 0.29) is 36.0 Å². The van der Waals surface area contributed by atoms with Crippen molar-refractivity contribution in [3.8, 4) is 0 Å². The molecule has 0 bridgehead atoms. The number of aliphatic hydroxyl groups is 1. The van der Waals surface area contributed by atoms with Crippen molar-refractivity contribution in [1.29, 1.82) is 0 Å². The maximum Gasteiger partial charge on any atom is 0.191 e. The number of halogens is 1. The van der Waals surface area contributed by atoms with Crippen molar-refractivity contribution in [2.45, 2.75) is 26.3 Å². The van der Waals surface area contributed by atoms with Gasteiger partial charge in [0, 0.05) is 50.7 Å². The smallest absolute Gasteiger partial charge is 0.191 e. The molecule has 2 rings (SSSR count). The fourth-order valence-corrected chi connectivity index (χ4v) is 2.58. The topological polar surface area (TPSA) is 70.8 Å². The van der Waals surface area contributed by atoms with E-state index in [1.165, 1.54) is 0 Å². The Morgan fingerprint density at radius 2 is 1.96 bits per heavy atom. The lowest BCUT2D eigenvalue weighted by atomic mass is 9.81. The van der Waals surface area contributed by atoms with Crippen molar-refractivity contribution in [2.24, 2.45) is 10.4 Å². The van der Waals surface area contributed by atoms with Crippen LogP contribution >= 0.6 is 24.0 Å². The molecule has 6 nitrogen and oxygen atoms in total. The molecule has 0 unspecified atom stereocenters. The zero-order valence-electron chi connectivity index (χ0n) is 13.8. The first-order valence-corrected chi connectivity index (χ1v) is 8.09. The Morgan fingerprint density at radius 3 is 2.57 bits per heavy atom. The monoisotopic (exact) mass is 436 g/mol. The summed E-state index contributed by atoms with van der Waals surface area (Å²) in [6.07, 6.45) is 5.84. The fraction of sp³-hybridized carbons (Fsp3) is 0.688. The van der Waals surface area contributed by atoms with Crippen molar-refractivity contribution in [3.05, 3.63) is 24.5 Å². The molecule has 0 aromatic carbocycles. The summed E-state index contributed by atoms with van der Waals surface area (Å²) in [6.45, 7) is 6.83. The molecule has 1 aromatic rings. The minimum Gasteiger partial charge on any atom is -0.396 e. The van der Waals surface area contributed by atoms with E-state index in [1.54, 1.807) is 0 Å². The number of aliphatic hydroxyl groups excluding tert-OH is 1. The van der Waals surface area contributed by atoms with Gasteiger partial charge in [0.25, 0.3) is 0 Å². The van der Waals surface area contributed by atoms with Gasteiger partial charge in [-0.05, 0) is 31.9 Å². The first-order chi connectivity index (χ1) is 10.8. The summed E-state index contributed by atoms with van der Waals surface area (Å²) in [5.74, 6) is 0.814. The van der Waals surface area contributed by atoms with Gasteiger partial charge in [-0.15, -0.1) is 24.0 Å². The van der Waals surface area contributed by atoms with Crippen LogP contribution in [0.3, 0.4) is 0 Å². The molecule has 132 valence electrons. The number of ether oxygens (including phenoxy) is 1. The van der Waals surface area contributed by atoms with Gasteiger partial charge >= 0.3 is 0 Å². The number of rotatable bonds is 7. The third-order valence-corrected chi connectivity index (χ3v) is 4.13. The average Bonchev–Trinajstić information content (AvgIpc) is 3.07. The van der Waals surface area contributed by atoms with E-state index in [0.29, 0.717) is 19.8 Å². The number of nitrogens with one attached hydrogen (secondary N) is 2. The van der Waals surface area contributed by atoms with Crippen LogP contribution in [0, 0.1) is 5.41 Å². The molecule has 3 N–H and O–H groups in total. The molecule has 0 amide bonds. The van der Waals surface area contributed by atoms with E-state index in [4.69, 9.17) is 4.74 Å². The van der Waals surface area contributed by atoms with E-state index in [0.717, 1.165) is 38.4 Å². The van der Waals surface area contributed by atoms with Crippen molar-refractivity contribution in [1.82, 2.24) is 15.2 Å². The van der Waals surface area contributed by atoms with Crippen LogP contribution in [-0.4, -0.2) is 55.1 Å². The maximum atomic E-state index is 9.72. The van der Waals surface area contributed by atoms with Crippen LogP contribution in [0.2, 0.25) is 0 Å². The second-order valence-electron chi connectivity index (χ2n) is 5.81. The van der Waals surface area contributed by atoms with Gasteiger partial charge in [0.2, 0.25) is 0 Å². The number of hydrogen-bond acceptors (Lipinski definition) is 3. The summed E-state index contributed by atoms with van der Waals surface area (Å²) in [5, 5.41) is 16.3. The van der Waals surface area contributed by atoms with Gasteiger partial charge in [-0.2, -0.15) is 0 Å². The summed E-state index contributed by atoms with van der Waals surface area (Å²) >= 11 is 0. The zero-order valence-corrected chi connectivity index (χ0v) is 16.2. The molecular formula is C16H29IN4O2. The molecule has 1 saturated heterocycles. The van der Waals surface area contributed by atoms with Gasteiger partial charge in [0.15, 0.2) is 5.96 Å². The summed E-state index contributed by atoms with van der Waals surface area (Å²) < 4.78 is 7.52. The first-order valence-electron chi connectivity index (χ1n) is 8.09. The molecule has 23 heavy (non-hydrogen) atoms. The Morgan fingerprint density at radius 1 is 1.26 bits per heavy atom. The van der Waals surface area contributed by atoms with Gasteiger partial charge in [0.05, 0.1) is 13.2 Å². The van der Waals surface area contributed by atoms with E-state index >= 15 is 0 Å². The SMILES string of the molecule is CCNC(=NCC1(CO)CCOCC1)NCCn1cccc1.I. The Bertz CT molecular complexity index is 445. The Labute approximate surface area is 155 Å². The minimum absolute atomic E-state index is 0. The number of guanidine groups is 1. The number of hydrogen-bond donors (Lipinski definition) is 3. The molecule has 1 aliphatic rings. The summed E-state index contributed by atoms with van der Waals surface area (Å²) in [4.78, 5) is 4.67. The van der Waals surface area contributed by atoms with Crippen LogP contribution in [0.15, 0.2) is 29.5 Å². The van der Waals surface area contributed by atoms with Crippen molar-refractivity contribution in [2.75, 3.05) is 39.5 Å². The van der Waals surface area contributed by atoms with Crippen molar-refractivity contribution < 1.29 is 9.84 Å². The molecule has 0 aliphatic carbocycles. The van der Waals surface area contributed by atoms with E-state index in [1.807, 2.05) is 12.1 Å². The van der Waals surface area contributed by atoms with Gasteiger partial charge in [0.1, 0.15) is 0 Å². The van der Waals surface area contributed by atoms with Crippen LogP contribution in [0.4, 0.5) is 0 Å². The highest BCUT2D eigenvalue weighted by molar-refractivity contribution is 14.0. The number of aliphatic imine (C=N–C) groups is 1. The maximum absolute atomic E-state index is 9.72. The van der Waals surface area contributed by atoms with Crippen molar-refractivity contribution >= 4 is 29.9 Å². The zero-order chi connectivity index (χ0) is 15.7. The molecule has 0 spiro atoms. The molecule has 1 aromatic heterocycles. The molecule has 7 heteroatoms. The summed E-state index contributed by atoms with van der Waals surface area (Å²) in [6, 6.07) is 4.05. The van der Waals surface area contributed by atoms with Crippen LogP contribution in [0.1, 0.15) is 19.8 Å². The van der Waals surface area contributed by atoms with Crippen LogP contribution in [0.25, 0.3) is 0 Å². The van der Waals surface area contributed by atoms with Crippen LogP contribution in [-0.2, 0) is 11.3 Å². The van der Waals surface area contributed by atoms with Gasteiger partial charge in [-0.25, -0.2) is 0 Å². The van der Waals surface area contributed by atoms with E-state index in [2.05, 4.69) is 39.5 Å². The Hall–Kier alpha value is -0.800. The van der Waals surface area contributed by atoms with Gasteiger partial charge in [-0.1, -0.05) is 0 Å². The quantitative estimate of drug-likeness (QED) is 0.344. The number of nitrogens with zero attached hydrogens (tertiary/aromatic N) is 2. The standard InChI is InChI=1S/C16H28N4O2.HI/c1-2-17-15(18-7-10-20-8-3-4-9-20)19-13-16(14-21)5-11-22-12-6-16;/h3-4,8-9,21H,2,5-7,10-14H2,1H3,(H2,17,18,19);1H. The highest BCUT2D eigenvalue weighted by Crippen LogP contribution is 2.30. The van der Waals surface area contributed by atoms with Crippen molar-refractivity contribution in [3.63, 3.8) is 0 Å². The third-order valence-electron chi connectivity index (χ3n) is 4.13. The minimum atomic E-state index is -0.124. The highest BCUT2D eigenvalue weighted by atomic mass is 127. The second kappa shape index (κ2) is 10.9. The molecule has 0 saturated carbocycles. The third kappa shape index (κ3) is 6.68. The average molecular weight is 436 g/mol. The van der Waals surface area contributed by atoms with Gasteiger partial charge < -0.3 is 25.0 Å². The van der Waals surface area contributed by atoms with E-state index < -0.39 is 0 Å². The predicted octanol–water partition coefficient (Wildman–Crippen LogP) is 1.45. The van der Waals surface area contributed by atoms with Crippen LogP contribution < -0.4 is 10.6 Å². The molecule has 0 atom stereocenters. The first kappa shape index (κ1) is 20.2. The molecule has 0 radical (unpaired) electrons. The molecule has 2 heterocycles. The Balaban J connectivity index is 0.00000264. The second-order valence-corrected chi connectivity index (χ2v) is 5.81. The lowest BCUT2D eigenvalue weighted by Gasteiger charge is -2.34. The van der Waals surface area contributed by atoms with Crippen LogP contribution in [0.5, 0.6) is 0 Å². The van der Waals surface area contributed by atoms with Gasteiger partial charge in [-0.3, -0.25) is 4.99 Å². The molecule has 1 aliphatic heterocycles. The fourth-order valence-electron chi connectivity index (χ4n) is 2.58. The lowest BCUT2D eigenvalue weighted by Crippen LogP contribution is -2.41. The summed E-state index contributed by atoms with van der Waals surface area (Å²) in [5.41, 5.74) is -0.124. The number of aromatic nitrogens is 1. The Kier molecular flexibility index (Phi) is 9.57. The molecule has 1 fully saturated rings. The predicted molar refractivity (Wildman–Crippen MR) is 103 cm³/mol. The lowest BCUT2D eigenvalue weighted by molar-refractivity contribution is -0.0106. The normalized spacial score (nSPS) is 17.4. The van der Waals surface area contributed by atoms with E-state index in [9.17, 15) is 5.11 Å². The highest BCUT2D eigenvalue weighted by Gasteiger charge is 2.31. The molecular weight excluding hydrogens is 407 g/mol. The summed E-state index contributed by atoms with van der Waals surface area (Å²) in [7, 11) is 0.